The van der Waals surface area contributed by atoms with E-state index in [1.807, 2.05) is 0 Å². The van der Waals surface area contributed by atoms with E-state index in [0.29, 0.717) is 10.8 Å². The van der Waals surface area contributed by atoms with Crippen LogP contribution in [0.5, 0.6) is 0 Å². The monoisotopic (exact) mass is 346 g/mol. The zero-order valence-corrected chi connectivity index (χ0v) is 18.2. The summed E-state index contributed by atoms with van der Waals surface area (Å²) in [5.74, 6) is 6.49. The molecule has 0 aromatic carbocycles. The Hall–Kier alpha value is 0. The van der Waals surface area contributed by atoms with Crippen molar-refractivity contribution in [3.63, 3.8) is 0 Å². The van der Waals surface area contributed by atoms with Gasteiger partial charge < -0.3 is 0 Å². The Morgan fingerprint density at radius 1 is 0.520 bits per heavy atom. The van der Waals surface area contributed by atoms with Gasteiger partial charge in [-0.3, -0.25) is 0 Å². The molecule has 4 fully saturated rings. The molecule has 0 spiro atoms. The van der Waals surface area contributed by atoms with Gasteiger partial charge in [-0.15, -0.1) is 0 Å². The van der Waals surface area contributed by atoms with Crippen LogP contribution < -0.4 is 0 Å². The fourth-order valence-corrected chi connectivity index (χ4v) is 7.08. The summed E-state index contributed by atoms with van der Waals surface area (Å²) in [7, 11) is 0. The molecule has 0 aromatic rings. The molecule has 0 aromatic heterocycles. The zero-order chi connectivity index (χ0) is 18.2. The lowest BCUT2D eigenvalue weighted by Crippen LogP contribution is -2.28. The molecule has 4 aliphatic carbocycles. The first-order chi connectivity index (χ1) is 11.7. The van der Waals surface area contributed by atoms with Crippen LogP contribution in [0.25, 0.3) is 0 Å². The van der Waals surface area contributed by atoms with Gasteiger partial charge in [-0.2, -0.15) is 0 Å². The van der Waals surface area contributed by atoms with Gasteiger partial charge in [0, 0.05) is 0 Å². The minimum absolute atomic E-state index is 0.566. The Balaban J connectivity index is 0.000000146. The van der Waals surface area contributed by atoms with Gasteiger partial charge in [0.2, 0.25) is 0 Å². The Morgan fingerprint density at radius 2 is 1.08 bits per heavy atom. The summed E-state index contributed by atoms with van der Waals surface area (Å²) in [5.41, 5.74) is 1.14. The minimum Gasteiger partial charge on any atom is -0.0599 e. The van der Waals surface area contributed by atoms with Gasteiger partial charge in [-0.05, 0) is 78.4 Å². The number of hydrogen-bond donors (Lipinski definition) is 0. The van der Waals surface area contributed by atoms with Crippen LogP contribution in [0.15, 0.2) is 0 Å². The molecule has 0 amide bonds. The topological polar surface area (TPSA) is 0 Å². The second kappa shape index (κ2) is 7.55. The summed E-state index contributed by atoms with van der Waals surface area (Å²) in [4.78, 5) is 0. The van der Waals surface area contributed by atoms with Crippen LogP contribution in [0.4, 0.5) is 0 Å². The molecule has 146 valence electrons. The van der Waals surface area contributed by atoms with Gasteiger partial charge >= 0.3 is 0 Å². The Bertz CT molecular complexity index is 408. The molecule has 0 saturated heterocycles. The fraction of sp³-hybridized carbons (Fsp3) is 1.00. The average molecular weight is 347 g/mol. The quantitative estimate of drug-likeness (QED) is 0.415. The van der Waals surface area contributed by atoms with E-state index in [1.54, 1.807) is 0 Å². The molecule has 4 rings (SSSR count). The van der Waals surface area contributed by atoms with E-state index < -0.39 is 0 Å². The summed E-state index contributed by atoms with van der Waals surface area (Å²) in [6.07, 6.45) is 16.8. The normalized spacial score (nSPS) is 41.0. The maximum absolute atomic E-state index is 2.44. The second-order valence-electron chi connectivity index (χ2n) is 12.2. The standard InChI is InChI=1S/C13H24.C12H22/c1-13(2,3)12-9-8-10-6-4-5-7-11(10)12;1-12(2,3)11-7-9-5-4-6-10(9)8-11/h10-12H,4-9H2,1-3H3;9-11H,4-8H2,1-3H3. The lowest BCUT2D eigenvalue weighted by molar-refractivity contribution is 0.133. The van der Waals surface area contributed by atoms with Crippen molar-refractivity contribution in [2.45, 2.75) is 112 Å². The van der Waals surface area contributed by atoms with Gasteiger partial charge in [0.25, 0.3) is 0 Å². The first-order valence-corrected chi connectivity index (χ1v) is 11.7. The highest BCUT2D eigenvalue weighted by atomic mass is 14.5. The molecule has 0 radical (unpaired) electrons. The van der Waals surface area contributed by atoms with E-state index in [9.17, 15) is 0 Å². The third-order valence-electron chi connectivity index (χ3n) is 8.66. The molecule has 0 N–H and O–H groups in total. The van der Waals surface area contributed by atoms with E-state index in [4.69, 9.17) is 0 Å². The molecular weight excluding hydrogens is 300 g/mol. The van der Waals surface area contributed by atoms with Gasteiger partial charge in [-0.25, -0.2) is 0 Å². The van der Waals surface area contributed by atoms with Crippen molar-refractivity contribution in [2.24, 2.45) is 46.3 Å². The summed E-state index contributed by atoms with van der Waals surface area (Å²) in [6, 6.07) is 0. The molecule has 5 atom stereocenters. The highest BCUT2D eigenvalue weighted by Crippen LogP contribution is 2.53. The van der Waals surface area contributed by atoms with Crippen molar-refractivity contribution >= 4 is 0 Å². The summed E-state index contributed by atoms with van der Waals surface area (Å²) < 4.78 is 0. The van der Waals surface area contributed by atoms with Crippen molar-refractivity contribution in [3.05, 3.63) is 0 Å². The summed E-state index contributed by atoms with van der Waals surface area (Å²) in [6.45, 7) is 14.6. The van der Waals surface area contributed by atoms with Crippen molar-refractivity contribution in [1.82, 2.24) is 0 Å². The highest BCUT2D eigenvalue weighted by molar-refractivity contribution is 4.93. The summed E-state index contributed by atoms with van der Waals surface area (Å²) in [5, 5.41) is 0. The van der Waals surface area contributed by atoms with Crippen molar-refractivity contribution in [3.8, 4) is 0 Å². The molecule has 0 nitrogen and oxygen atoms in total. The Kier molecular flexibility index (Phi) is 5.97. The average Bonchev–Trinajstić information content (AvgIpc) is 3.20. The van der Waals surface area contributed by atoms with Gasteiger partial charge in [0.1, 0.15) is 0 Å². The number of hydrogen-bond acceptors (Lipinski definition) is 0. The first kappa shape index (κ1) is 19.8. The maximum atomic E-state index is 2.44. The van der Waals surface area contributed by atoms with Crippen LogP contribution in [0.2, 0.25) is 0 Å². The van der Waals surface area contributed by atoms with E-state index in [2.05, 4.69) is 41.5 Å². The molecule has 0 heteroatoms. The zero-order valence-electron chi connectivity index (χ0n) is 18.2. The number of rotatable bonds is 0. The third kappa shape index (κ3) is 4.65. The second-order valence-corrected chi connectivity index (χ2v) is 12.2. The molecule has 25 heavy (non-hydrogen) atoms. The summed E-state index contributed by atoms with van der Waals surface area (Å²) >= 11 is 0. The molecule has 0 bridgehead atoms. The largest absolute Gasteiger partial charge is 0.0599 e. The predicted octanol–water partition coefficient (Wildman–Crippen LogP) is 8.11. The van der Waals surface area contributed by atoms with Gasteiger partial charge in [0.05, 0.1) is 0 Å². The first-order valence-electron chi connectivity index (χ1n) is 11.7. The predicted molar refractivity (Wildman–Crippen MR) is 111 cm³/mol. The maximum Gasteiger partial charge on any atom is -0.0334 e. The minimum atomic E-state index is 0.566. The number of fused-ring (bicyclic) bond motifs is 2. The lowest BCUT2D eigenvalue weighted by atomic mass is 9.69. The van der Waals surface area contributed by atoms with Crippen LogP contribution >= 0.6 is 0 Å². The smallest absolute Gasteiger partial charge is 0.0334 e. The highest BCUT2D eigenvalue weighted by Gasteiger charge is 2.42. The lowest BCUT2D eigenvalue weighted by Gasteiger charge is -2.36. The van der Waals surface area contributed by atoms with Crippen LogP contribution in [0, 0.1) is 46.3 Å². The molecule has 4 aliphatic rings. The van der Waals surface area contributed by atoms with Gasteiger partial charge in [-0.1, -0.05) is 80.1 Å². The van der Waals surface area contributed by atoms with Crippen LogP contribution in [-0.2, 0) is 0 Å². The van der Waals surface area contributed by atoms with Crippen molar-refractivity contribution in [1.29, 1.82) is 0 Å². The molecule has 4 saturated carbocycles. The SMILES string of the molecule is CC(C)(C)C1CC2CCCC2C1.CC(C)(C)C1CCC2CCCCC21. The molecule has 0 heterocycles. The van der Waals surface area contributed by atoms with Crippen LogP contribution in [-0.4, -0.2) is 0 Å². The van der Waals surface area contributed by atoms with E-state index in [1.165, 1.54) is 70.6 Å². The van der Waals surface area contributed by atoms with Gasteiger partial charge in [0.15, 0.2) is 0 Å². The Morgan fingerprint density at radius 3 is 1.64 bits per heavy atom. The Labute approximate surface area is 158 Å². The van der Waals surface area contributed by atoms with E-state index >= 15 is 0 Å². The van der Waals surface area contributed by atoms with Crippen molar-refractivity contribution < 1.29 is 0 Å². The molecular formula is C25H46. The van der Waals surface area contributed by atoms with Crippen LogP contribution in [0.3, 0.4) is 0 Å². The fourth-order valence-electron chi connectivity index (χ4n) is 7.08. The van der Waals surface area contributed by atoms with Crippen LogP contribution in [0.1, 0.15) is 112 Å². The van der Waals surface area contributed by atoms with Crippen molar-refractivity contribution in [2.75, 3.05) is 0 Å². The van der Waals surface area contributed by atoms with E-state index in [-0.39, 0.29) is 0 Å². The molecule has 0 aliphatic heterocycles. The van der Waals surface area contributed by atoms with E-state index in [0.717, 1.165) is 35.5 Å². The third-order valence-corrected chi connectivity index (χ3v) is 8.66. The molecule has 5 unspecified atom stereocenters.